The number of rotatable bonds is 5. The molecule has 112 valence electrons. The van der Waals surface area contributed by atoms with E-state index in [1.54, 1.807) is 43.7 Å². The second-order valence-electron chi connectivity index (χ2n) is 4.93. The number of hydrogen-bond acceptors (Lipinski definition) is 4. The van der Waals surface area contributed by atoms with Crippen molar-refractivity contribution in [2.24, 2.45) is 0 Å². The third-order valence-electron chi connectivity index (χ3n) is 3.57. The maximum atomic E-state index is 12.5. The van der Waals surface area contributed by atoms with Crippen molar-refractivity contribution >= 4 is 15.7 Å². The summed E-state index contributed by atoms with van der Waals surface area (Å²) in [5.41, 5.74) is 7.83. The van der Waals surface area contributed by atoms with Crippen molar-refractivity contribution in [3.63, 3.8) is 0 Å². The van der Waals surface area contributed by atoms with Crippen LogP contribution in [-0.4, -0.2) is 24.8 Å². The molecule has 0 aliphatic rings. The third-order valence-corrected chi connectivity index (χ3v) is 5.44. The molecular weight excluding hydrogens is 286 g/mol. The predicted molar refractivity (Wildman–Crippen MR) is 83.9 cm³/mol. The van der Waals surface area contributed by atoms with Crippen LogP contribution in [0.15, 0.2) is 48.8 Å². The summed E-state index contributed by atoms with van der Waals surface area (Å²) in [7, 11) is -1.87. The zero-order valence-electron chi connectivity index (χ0n) is 12.1. The Morgan fingerprint density at radius 3 is 2.43 bits per heavy atom. The molecule has 0 radical (unpaired) electrons. The van der Waals surface area contributed by atoms with Crippen LogP contribution in [0, 0.1) is 0 Å². The van der Waals surface area contributed by atoms with E-state index < -0.39 is 10.0 Å². The van der Waals surface area contributed by atoms with Crippen LogP contribution in [0.3, 0.4) is 0 Å². The van der Waals surface area contributed by atoms with Gasteiger partial charge in [0, 0.05) is 31.2 Å². The Bertz CT molecular complexity index is 702. The Kier molecular flexibility index (Phi) is 4.59. The molecule has 0 aliphatic carbocycles. The quantitative estimate of drug-likeness (QED) is 0.859. The lowest BCUT2D eigenvalue weighted by atomic mass is 10.1. The fourth-order valence-electron chi connectivity index (χ4n) is 2.06. The number of hydrogen-bond donors (Lipinski definition) is 1. The molecule has 0 aliphatic heterocycles. The van der Waals surface area contributed by atoms with Gasteiger partial charge in [-0.25, -0.2) is 8.42 Å². The molecule has 0 spiro atoms. The van der Waals surface area contributed by atoms with Gasteiger partial charge in [0.25, 0.3) is 0 Å². The number of benzene rings is 1. The second kappa shape index (κ2) is 6.24. The lowest BCUT2D eigenvalue weighted by molar-refractivity contribution is 0.397. The molecule has 0 bridgehead atoms. The van der Waals surface area contributed by atoms with E-state index in [9.17, 15) is 8.42 Å². The van der Waals surface area contributed by atoms with E-state index in [-0.39, 0.29) is 11.8 Å². The van der Waals surface area contributed by atoms with Gasteiger partial charge in [-0.3, -0.25) is 4.98 Å². The van der Waals surface area contributed by atoms with Gasteiger partial charge in [0.15, 0.2) is 0 Å². The van der Waals surface area contributed by atoms with E-state index in [1.165, 1.54) is 4.31 Å². The van der Waals surface area contributed by atoms with Crippen LogP contribution < -0.4 is 5.73 Å². The van der Waals surface area contributed by atoms with E-state index in [0.717, 1.165) is 5.56 Å². The number of nitrogens with two attached hydrogens (primary N) is 1. The Morgan fingerprint density at radius 1 is 1.19 bits per heavy atom. The minimum Gasteiger partial charge on any atom is -0.398 e. The molecule has 2 N–H and O–H groups in total. The molecule has 1 atom stereocenters. The number of anilines is 1. The fourth-order valence-corrected chi connectivity index (χ4v) is 3.52. The first-order valence-corrected chi connectivity index (χ1v) is 8.22. The topological polar surface area (TPSA) is 76.3 Å². The Labute approximate surface area is 125 Å². The highest BCUT2D eigenvalue weighted by Crippen LogP contribution is 2.24. The zero-order valence-corrected chi connectivity index (χ0v) is 12.9. The summed E-state index contributed by atoms with van der Waals surface area (Å²) in [6.45, 7) is 1.85. The molecule has 0 amide bonds. The van der Waals surface area contributed by atoms with Crippen molar-refractivity contribution < 1.29 is 8.42 Å². The molecule has 6 heteroatoms. The second-order valence-corrected chi connectivity index (χ2v) is 6.96. The molecule has 0 saturated carbocycles. The number of para-hydroxylation sites is 1. The number of sulfonamides is 1. The molecule has 0 saturated heterocycles. The fraction of sp³-hybridized carbons (Fsp3) is 0.267. The summed E-state index contributed by atoms with van der Waals surface area (Å²) < 4.78 is 26.4. The average Bonchev–Trinajstić information content (AvgIpc) is 2.49. The summed E-state index contributed by atoms with van der Waals surface area (Å²) in [6, 6.07) is 10.4. The monoisotopic (exact) mass is 305 g/mol. The minimum atomic E-state index is -3.45. The first kappa shape index (κ1) is 15.5. The standard InChI is InChI=1S/C15H19N3O2S/c1-12(13-7-9-17-10-8-13)18(2)21(19,20)11-14-5-3-4-6-15(14)16/h3-10,12H,11,16H2,1-2H3. The van der Waals surface area contributed by atoms with Gasteiger partial charge in [0.05, 0.1) is 5.75 Å². The summed E-state index contributed by atoms with van der Waals surface area (Å²) in [5, 5.41) is 0. The summed E-state index contributed by atoms with van der Waals surface area (Å²) in [4.78, 5) is 3.94. The van der Waals surface area contributed by atoms with Gasteiger partial charge in [0.1, 0.15) is 0 Å². The molecule has 2 aromatic rings. The number of nitrogens with zero attached hydrogens (tertiary/aromatic N) is 2. The van der Waals surface area contributed by atoms with E-state index in [1.807, 2.05) is 19.1 Å². The summed E-state index contributed by atoms with van der Waals surface area (Å²) in [5.74, 6) is -0.106. The van der Waals surface area contributed by atoms with E-state index in [2.05, 4.69) is 4.98 Å². The van der Waals surface area contributed by atoms with Crippen molar-refractivity contribution in [3.8, 4) is 0 Å². The number of aromatic nitrogens is 1. The molecule has 1 unspecified atom stereocenters. The van der Waals surface area contributed by atoms with Crippen molar-refractivity contribution in [3.05, 3.63) is 59.9 Å². The molecule has 0 fully saturated rings. The largest absolute Gasteiger partial charge is 0.398 e. The molecule has 1 heterocycles. The van der Waals surface area contributed by atoms with Crippen molar-refractivity contribution in [1.29, 1.82) is 0 Å². The third kappa shape index (κ3) is 3.59. The first-order valence-electron chi connectivity index (χ1n) is 6.61. The van der Waals surface area contributed by atoms with Gasteiger partial charge in [-0.15, -0.1) is 0 Å². The molecule has 2 rings (SSSR count). The highest BCUT2D eigenvalue weighted by molar-refractivity contribution is 7.88. The lowest BCUT2D eigenvalue weighted by Crippen LogP contribution is -2.31. The van der Waals surface area contributed by atoms with Gasteiger partial charge >= 0.3 is 0 Å². The van der Waals surface area contributed by atoms with Crippen LogP contribution in [0.2, 0.25) is 0 Å². The van der Waals surface area contributed by atoms with Crippen LogP contribution in [0.25, 0.3) is 0 Å². The summed E-state index contributed by atoms with van der Waals surface area (Å²) in [6.07, 6.45) is 3.31. The molecule has 21 heavy (non-hydrogen) atoms. The number of pyridine rings is 1. The van der Waals surface area contributed by atoms with Crippen LogP contribution in [0.1, 0.15) is 24.1 Å². The molecule has 1 aromatic heterocycles. The van der Waals surface area contributed by atoms with Crippen LogP contribution >= 0.6 is 0 Å². The Hall–Kier alpha value is -1.92. The van der Waals surface area contributed by atoms with Crippen LogP contribution in [0.4, 0.5) is 5.69 Å². The van der Waals surface area contributed by atoms with Crippen molar-refractivity contribution in [2.75, 3.05) is 12.8 Å². The Balaban J connectivity index is 2.21. The molecular formula is C15H19N3O2S. The van der Waals surface area contributed by atoms with Crippen molar-refractivity contribution in [2.45, 2.75) is 18.7 Å². The van der Waals surface area contributed by atoms with Gasteiger partial charge < -0.3 is 5.73 Å². The minimum absolute atomic E-state index is 0.106. The number of nitrogen functional groups attached to an aromatic ring is 1. The van der Waals surface area contributed by atoms with E-state index in [4.69, 9.17) is 5.73 Å². The maximum Gasteiger partial charge on any atom is 0.218 e. The smallest absolute Gasteiger partial charge is 0.218 e. The highest BCUT2D eigenvalue weighted by atomic mass is 32.2. The predicted octanol–water partition coefficient (Wildman–Crippen LogP) is 2.19. The van der Waals surface area contributed by atoms with E-state index in [0.29, 0.717) is 11.3 Å². The zero-order chi connectivity index (χ0) is 15.5. The van der Waals surface area contributed by atoms with E-state index >= 15 is 0 Å². The van der Waals surface area contributed by atoms with Crippen LogP contribution in [-0.2, 0) is 15.8 Å². The maximum absolute atomic E-state index is 12.5. The van der Waals surface area contributed by atoms with Gasteiger partial charge in [0.2, 0.25) is 10.0 Å². The van der Waals surface area contributed by atoms with Crippen LogP contribution in [0.5, 0.6) is 0 Å². The molecule has 5 nitrogen and oxygen atoms in total. The summed E-state index contributed by atoms with van der Waals surface area (Å²) >= 11 is 0. The Morgan fingerprint density at radius 2 is 1.81 bits per heavy atom. The van der Waals surface area contributed by atoms with Gasteiger partial charge in [-0.1, -0.05) is 18.2 Å². The van der Waals surface area contributed by atoms with Crippen molar-refractivity contribution in [1.82, 2.24) is 9.29 Å². The molecule has 1 aromatic carbocycles. The first-order chi connectivity index (χ1) is 9.92. The van der Waals surface area contributed by atoms with Gasteiger partial charge in [-0.2, -0.15) is 4.31 Å². The lowest BCUT2D eigenvalue weighted by Gasteiger charge is -2.24. The average molecular weight is 305 g/mol. The SMILES string of the molecule is CC(c1ccncc1)N(C)S(=O)(=O)Cc1ccccc1N. The van der Waals surface area contributed by atoms with Gasteiger partial charge in [-0.05, 0) is 36.2 Å². The highest BCUT2D eigenvalue weighted by Gasteiger charge is 2.25. The normalized spacial score (nSPS) is 13.3.